The van der Waals surface area contributed by atoms with Gasteiger partial charge in [0.05, 0.1) is 5.41 Å². The summed E-state index contributed by atoms with van der Waals surface area (Å²) < 4.78 is 0. The predicted molar refractivity (Wildman–Crippen MR) is 71.5 cm³/mol. The van der Waals surface area contributed by atoms with Crippen molar-refractivity contribution in [2.24, 2.45) is 5.41 Å². The first kappa shape index (κ1) is 13.2. The maximum atomic E-state index is 11.5. The minimum Gasteiger partial charge on any atom is -0.481 e. The number of aliphatic carboxylic acids is 1. The highest BCUT2D eigenvalue weighted by Gasteiger charge is 2.41. The van der Waals surface area contributed by atoms with Crippen LogP contribution in [-0.4, -0.2) is 46.6 Å². The molecule has 1 atom stereocenters. The number of hydrogen-bond acceptors (Lipinski definition) is 3. The maximum absolute atomic E-state index is 11.5. The summed E-state index contributed by atoms with van der Waals surface area (Å²) in [6, 6.07) is 0.716. The van der Waals surface area contributed by atoms with Crippen LogP contribution >= 0.6 is 11.8 Å². The first-order chi connectivity index (χ1) is 8.18. The van der Waals surface area contributed by atoms with Crippen LogP contribution in [0.1, 0.15) is 39.0 Å². The molecular formula is C13H23NO2S. The molecule has 0 radical (unpaired) electrons. The largest absolute Gasteiger partial charge is 0.481 e. The van der Waals surface area contributed by atoms with E-state index < -0.39 is 11.4 Å². The Labute approximate surface area is 108 Å². The lowest BCUT2D eigenvalue weighted by Gasteiger charge is -2.41. The van der Waals surface area contributed by atoms with Crippen molar-refractivity contribution in [1.82, 2.24) is 4.90 Å². The minimum absolute atomic E-state index is 0.420. The van der Waals surface area contributed by atoms with Crippen LogP contribution in [0.3, 0.4) is 0 Å². The molecule has 1 unspecified atom stereocenters. The normalized spacial score (nSPS) is 29.4. The van der Waals surface area contributed by atoms with Crippen LogP contribution in [0.15, 0.2) is 0 Å². The SMILES string of the molecule is CCCC1(C(=O)O)CCN(C2CCSC2)CC1. The second-order valence-corrected chi connectivity index (χ2v) is 6.54. The summed E-state index contributed by atoms with van der Waals surface area (Å²) >= 11 is 2.03. The summed E-state index contributed by atoms with van der Waals surface area (Å²) in [5.41, 5.74) is -0.420. The molecule has 2 heterocycles. The molecule has 2 saturated heterocycles. The van der Waals surface area contributed by atoms with Crippen LogP contribution in [0.25, 0.3) is 0 Å². The zero-order valence-electron chi connectivity index (χ0n) is 10.7. The molecule has 0 aliphatic carbocycles. The quantitative estimate of drug-likeness (QED) is 0.840. The van der Waals surface area contributed by atoms with Gasteiger partial charge in [-0.3, -0.25) is 9.69 Å². The fourth-order valence-corrected chi connectivity index (χ4v) is 4.43. The van der Waals surface area contributed by atoms with Gasteiger partial charge in [-0.25, -0.2) is 0 Å². The molecule has 0 aromatic carbocycles. The number of carboxylic acids is 1. The predicted octanol–water partition coefficient (Wildman–Crippen LogP) is 2.46. The third-order valence-electron chi connectivity index (χ3n) is 4.36. The Morgan fingerprint density at radius 3 is 2.65 bits per heavy atom. The first-order valence-corrected chi connectivity index (χ1v) is 7.88. The Bertz CT molecular complexity index is 269. The summed E-state index contributed by atoms with van der Waals surface area (Å²) in [5.74, 6) is 1.95. The third kappa shape index (κ3) is 2.79. The van der Waals surface area contributed by atoms with Crippen molar-refractivity contribution in [3.63, 3.8) is 0 Å². The van der Waals surface area contributed by atoms with E-state index in [-0.39, 0.29) is 0 Å². The lowest BCUT2D eigenvalue weighted by Crippen LogP contribution is -2.48. The highest BCUT2D eigenvalue weighted by Crippen LogP contribution is 2.38. The smallest absolute Gasteiger partial charge is 0.309 e. The van der Waals surface area contributed by atoms with Crippen LogP contribution in [0.2, 0.25) is 0 Å². The summed E-state index contributed by atoms with van der Waals surface area (Å²) in [6.45, 7) is 4.06. The van der Waals surface area contributed by atoms with Crippen molar-refractivity contribution in [2.45, 2.75) is 45.1 Å². The fraction of sp³-hybridized carbons (Fsp3) is 0.923. The van der Waals surface area contributed by atoms with Gasteiger partial charge in [0.1, 0.15) is 0 Å². The zero-order chi connectivity index (χ0) is 12.3. The third-order valence-corrected chi connectivity index (χ3v) is 5.50. The van der Waals surface area contributed by atoms with Gasteiger partial charge in [-0.2, -0.15) is 11.8 Å². The van der Waals surface area contributed by atoms with E-state index in [4.69, 9.17) is 0 Å². The van der Waals surface area contributed by atoms with E-state index in [0.29, 0.717) is 6.04 Å². The molecule has 0 amide bonds. The number of nitrogens with zero attached hydrogens (tertiary/aromatic N) is 1. The van der Waals surface area contributed by atoms with Gasteiger partial charge in [-0.1, -0.05) is 13.3 Å². The van der Waals surface area contributed by atoms with E-state index in [2.05, 4.69) is 11.8 Å². The van der Waals surface area contributed by atoms with Gasteiger partial charge >= 0.3 is 5.97 Å². The number of thioether (sulfide) groups is 1. The summed E-state index contributed by atoms with van der Waals surface area (Å²) in [6.07, 6.45) is 4.80. The van der Waals surface area contributed by atoms with E-state index >= 15 is 0 Å². The average molecular weight is 257 g/mol. The molecule has 3 nitrogen and oxygen atoms in total. The topological polar surface area (TPSA) is 40.5 Å². The molecule has 0 bridgehead atoms. The molecule has 0 spiro atoms. The number of rotatable bonds is 4. The molecule has 2 rings (SSSR count). The molecule has 0 aromatic rings. The van der Waals surface area contributed by atoms with E-state index in [1.807, 2.05) is 11.8 Å². The molecule has 1 N–H and O–H groups in total. The van der Waals surface area contributed by atoms with Gasteiger partial charge in [0.2, 0.25) is 0 Å². The lowest BCUT2D eigenvalue weighted by molar-refractivity contribution is -0.153. The van der Waals surface area contributed by atoms with Crippen LogP contribution in [-0.2, 0) is 4.79 Å². The monoisotopic (exact) mass is 257 g/mol. The van der Waals surface area contributed by atoms with Gasteiger partial charge in [-0.15, -0.1) is 0 Å². The number of carbonyl (C=O) groups is 1. The van der Waals surface area contributed by atoms with Crippen molar-refractivity contribution in [3.8, 4) is 0 Å². The molecular weight excluding hydrogens is 234 g/mol. The highest BCUT2D eigenvalue weighted by atomic mass is 32.2. The number of likely N-dealkylation sites (tertiary alicyclic amines) is 1. The van der Waals surface area contributed by atoms with Crippen LogP contribution in [0, 0.1) is 5.41 Å². The minimum atomic E-state index is -0.570. The van der Waals surface area contributed by atoms with Crippen molar-refractivity contribution in [2.75, 3.05) is 24.6 Å². The van der Waals surface area contributed by atoms with Gasteiger partial charge in [0.25, 0.3) is 0 Å². The van der Waals surface area contributed by atoms with Crippen molar-refractivity contribution < 1.29 is 9.90 Å². The van der Waals surface area contributed by atoms with Crippen molar-refractivity contribution >= 4 is 17.7 Å². The molecule has 98 valence electrons. The first-order valence-electron chi connectivity index (χ1n) is 6.73. The molecule has 0 aromatic heterocycles. The number of carboxylic acid groups (broad SMARTS) is 1. The average Bonchev–Trinajstić information content (AvgIpc) is 2.83. The van der Waals surface area contributed by atoms with Gasteiger partial charge in [-0.05, 0) is 44.5 Å². The van der Waals surface area contributed by atoms with E-state index in [1.54, 1.807) is 0 Å². The standard InChI is InChI=1S/C13H23NO2S/c1-2-4-13(12(15)16)5-7-14(8-6-13)11-3-9-17-10-11/h11H,2-10H2,1H3,(H,15,16). The lowest BCUT2D eigenvalue weighted by atomic mass is 9.74. The molecule has 17 heavy (non-hydrogen) atoms. The fourth-order valence-electron chi connectivity index (χ4n) is 3.18. The number of hydrogen-bond donors (Lipinski definition) is 1. The van der Waals surface area contributed by atoms with E-state index in [1.165, 1.54) is 17.9 Å². The van der Waals surface area contributed by atoms with Crippen molar-refractivity contribution in [3.05, 3.63) is 0 Å². The maximum Gasteiger partial charge on any atom is 0.309 e. The molecule has 2 fully saturated rings. The Hall–Kier alpha value is -0.220. The molecule has 2 aliphatic heterocycles. The second kappa shape index (κ2) is 5.61. The van der Waals surface area contributed by atoms with Gasteiger partial charge < -0.3 is 5.11 Å². The second-order valence-electron chi connectivity index (χ2n) is 5.39. The zero-order valence-corrected chi connectivity index (χ0v) is 11.5. The van der Waals surface area contributed by atoms with E-state index in [0.717, 1.165) is 38.8 Å². The highest BCUT2D eigenvalue weighted by molar-refractivity contribution is 7.99. The van der Waals surface area contributed by atoms with E-state index in [9.17, 15) is 9.90 Å². The summed E-state index contributed by atoms with van der Waals surface area (Å²) in [4.78, 5) is 14.0. The molecule has 4 heteroatoms. The van der Waals surface area contributed by atoms with Gasteiger partial charge in [0, 0.05) is 11.8 Å². The number of piperidine rings is 1. The Morgan fingerprint density at radius 2 is 2.18 bits per heavy atom. The Kier molecular flexibility index (Phi) is 4.36. The van der Waals surface area contributed by atoms with Crippen molar-refractivity contribution in [1.29, 1.82) is 0 Å². The van der Waals surface area contributed by atoms with Gasteiger partial charge in [0.15, 0.2) is 0 Å². The molecule has 0 saturated carbocycles. The van der Waals surface area contributed by atoms with Crippen LogP contribution in [0.4, 0.5) is 0 Å². The summed E-state index contributed by atoms with van der Waals surface area (Å²) in [5, 5.41) is 9.45. The van der Waals surface area contributed by atoms with Crippen LogP contribution < -0.4 is 0 Å². The van der Waals surface area contributed by atoms with Crippen LogP contribution in [0.5, 0.6) is 0 Å². The Morgan fingerprint density at radius 1 is 1.47 bits per heavy atom. The summed E-state index contributed by atoms with van der Waals surface area (Å²) in [7, 11) is 0. The molecule has 2 aliphatic rings. The Balaban J connectivity index is 1.92.